The average molecular weight is 317 g/mol. The third-order valence-electron chi connectivity index (χ3n) is 3.87. The molecule has 0 fully saturated rings. The van der Waals surface area contributed by atoms with Gasteiger partial charge in [-0.3, -0.25) is 4.79 Å². The van der Waals surface area contributed by atoms with Crippen LogP contribution in [0.15, 0.2) is 29.4 Å². The number of hydrogen-bond donors (Lipinski definition) is 0. The van der Waals surface area contributed by atoms with Gasteiger partial charge in [-0.1, -0.05) is 30.0 Å². The van der Waals surface area contributed by atoms with E-state index in [2.05, 4.69) is 28.5 Å². The molecule has 1 amide bonds. The van der Waals surface area contributed by atoms with Crippen molar-refractivity contribution in [3.8, 4) is 0 Å². The second kappa shape index (κ2) is 6.08. The maximum atomic E-state index is 12.9. The van der Waals surface area contributed by atoms with Crippen LogP contribution in [0.4, 0.5) is 5.69 Å². The lowest BCUT2D eigenvalue weighted by atomic mass is 10.1. The van der Waals surface area contributed by atoms with E-state index in [1.54, 1.807) is 4.68 Å². The molecule has 1 aliphatic rings. The SMILES string of the molecule is CCn1nnnc1SC(C)C(=O)N1c2ccccc2CC1C. The predicted octanol–water partition coefficient (Wildman–Crippen LogP) is 2.15. The number of fused-ring (bicyclic) bond motifs is 1. The molecule has 116 valence electrons. The number of nitrogens with zero attached hydrogens (tertiary/aromatic N) is 5. The Balaban J connectivity index is 1.79. The molecule has 2 unspecified atom stereocenters. The molecule has 2 heterocycles. The van der Waals surface area contributed by atoms with Crippen molar-refractivity contribution in [3.05, 3.63) is 29.8 Å². The van der Waals surface area contributed by atoms with Crippen LogP contribution < -0.4 is 4.90 Å². The number of anilines is 1. The van der Waals surface area contributed by atoms with E-state index in [-0.39, 0.29) is 17.2 Å². The van der Waals surface area contributed by atoms with Crippen molar-refractivity contribution in [1.29, 1.82) is 0 Å². The molecule has 2 aromatic rings. The highest BCUT2D eigenvalue weighted by Gasteiger charge is 2.33. The minimum absolute atomic E-state index is 0.105. The zero-order chi connectivity index (χ0) is 15.7. The molecular weight excluding hydrogens is 298 g/mol. The quantitative estimate of drug-likeness (QED) is 0.809. The molecular formula is C15H19N5OS. The van der Waals surface area contributed by atoms with Gasteiger partial charge in [0.05, 0.1) is 5.25 Å². The fourth-order valence-corrected chi connectivity index (χ4v) is 3.69. The number of hydrogen-bond acceptors (Lipinski definition) is 5. The summed E-state index contributed by atoms with van der Waals surface area (Å²) in [5.74, 6) is 0.105. The molecule has 0 spiro atoms. The highest BCUT2D eigenvalue weighted by Crippen LogP contribution is 2.34. The molecule has 0 saturated heterocycles. The van der Waals surface area contributed by atoms with Crippen molar-refractivity contribution in [1.82, 2.24) is 20.2 Å². The van der Waals surface area contributed by atoms with Gasteiger partial charge in [0.25, 0.3) is 0 Å². The molecule has 1 aromatic heterocycles. The van der Waals surface area contributed by atoms with Gasteiger partial charge in [0.15, 0.2) is 0 Å². The summed E-state index contributed by atoms with van der Waals surface area (Å²) in [6.07, 6.45) is 0.909. The normalized spacial score (nSPS) is 18.3. The van der Waals surface area contributed by atoms with Crippen LogP contribution in [0.3, 0.4) is 0 Å². The van der Waals surface area contributed by atoms with E-state index in [4.69, 9.17) is 0 Å². The largest absolute Gasteiger partial charge is 0.308 e. The Morgan fingerprint density at radius 3 is 3.00 bits per heavy atom. The summed E-state index contributed by atoms with van der Waals surface area (Å²) in [6, 6.07) is 8.30. The first-order valence-corrected chi connectivity index (χ1v) is 8.33. The van der Waals surface area contributed by atoms with Crippen LogP contribution in [0, 0.1) is 0 Å². The third kappa shape index (κ3) is 2.61. The average Bonchev–Trinajstić information content (AvgIpc) is 3.09. The number of para-hydroxylation sites is 1. The second-order valence-electron chi connectivity index (χ2n) is 5.43. The fourth-order valence-electron chi connectivity index (χ4n) is 2.79. The van der Waals surface area contributed by atoms with E-state index in [9.17, 15) is 4.79 Å². The van der Waals surface area contributed by atoms with Crippen molar-refractivity contribution in [2.24, 2.45) is 0 Å². The molecule has 0 N–H and O–H groups in total. The molecule has 0 saturated carbocycles. The smallest absolute Gasteiger partial charge is 0.240 e. The molecule has 0 bridgehead atoms. The van der Waals surface area contributed by atoms with Gasteiger partial charge < -0.3 is 4.90 Å². The number of amides is 1. The van der Waals surface area contributed by atoms with Crippen LogP contribution in [-0.2, 0) is 17.8 Å². The topological polar surface area (TPSA) is 63.9 Å². The number of thioether (sulfide) groups is 1. The van der Waals surface area contributed by atoms with E-state index >= 15 is 0 Å². The third-order valence-corrected chi connectivity index (χ3v) is 4.93. The number of carbonyl (C=O) groups excluding carboxylic acids is 1. The minimum atomic E-state index is -0.232. The van der Waals surface area contributed by atoms with Gasteiger partial charge in [0, 0.05) is 18.3 Å². The highest BCUT2D eigenvalue weighted by atomic mass is 32.2. The summed E-state index contributed by atoms with van der Waals surface area (Å²) in [6.45, 7) is 6.67. The predicted molar refractivity (Wildman–Crippen MR) is 85.9 cm³/mol. The molecule has 2 atom stereocenters. The minimum Gasteiger partial charge on any atom is -0.308 e. The summed E-state index contributed by atoms with van der Waals surface area (Å²) < 4.78 is 1.70. The van der Waals surface area contributed by atoms with Crippen LogP contribution in [0.25, 0.3) is 0 Å². The van der Waals surface area contributed by atoms with E-state index in [0.29, 0.717) is 11.7 Å². The number of rotatable bonds is 4. The summed E-state index contributed by atoms with van der Waals surface area (Å²) in [5.41, 5.74) is 2.27. The van der Waals surface area contributed by atoms with Crippen LogP contribution in [0.5, 0.6) is 0 Å². The van der Waals surface area contributed by atoms with Crippen LogP contribution >= 0.6 is 11.8 Å². The number of tetrazole rings is 1. The molecule has 0 aliphatic carbocycles. The molecule has 7 heteroatoms. The van der Waals surface area contributed by atoms with E-state index < -0.39 is 0 Å². The van der Waals surface area contributed by atoms with Crippen molar-refractivity contribution in [2.75, 3.05) is 4.90 Å². The van der Waals surface area contributed by atoms with E-state index in [0.717, 1.165) is 12.1 Å². The van der Waals surface area contributed by atoms with E-state index in [1.165, 1.54) is 17.3 Å². The Bertz CT molecular complexity index is 686. The first-order valence-electron chi connectivity index (χ1n) is 7.45. The zero-order valence-corrected chi connectivity index (χ0v) is 13.7. The fraction of sp³-hybridized carbons (Fsp3) is 0.467. The van der Waals surface area contributed by atoms with Gasteiger partial charge in [0.2, 0.25) is 11.1 Å². The Labute approximate surface area is 133 Å². The van der Waals surface area contributed by atoms with Gasteiger partial charge in [-0.25, -0.2) is 4.68 Å². The van der Waals surface area contributed by atoms with Crippen LogP contribution in [0.2, 0.25) is 0 Å². The lowest BCUT2D eigenvalue weighted by Crippen LogP contribution is -2.40. The molecule has 1 aromatic carbocycles. The molecule has 0 radical (unpaired) electrons. The van der Waals surface area contributed by atoms with Gasteiger partial charge in [0.1, 0.15) is 0 Å². The molecule has 1 aliphatic heterocycles. The van der Waals surface area contributed by atoms with Gasteiger partial charge in [-0.2, -0.15) is 0 Å². The Morgan fingerprint density at radius 1 is 1.45 bits per heavy atom. The monoisotopic (exact) mass is 317 g/mol. The summed E-state index contributed by atoms with van der Waals surface area (Å²) in [5, 5.41) is 12.0. The molecule has 22 heavy (non-hydrogen) atoms. The zero-order valence-electron chi connectivity index (χ0n) is 12.9. The lowest BCUT2D eigenvalue weighted by Gasteiger charge is -2.25. The Morgan fingerprint density at radius 2 is 2.23 bits per heavy atom. The first-order chi connectivity index (χ1) is 10.6. The Kier molecular flexibility index (Phi) is 4.15. The van der Waals surface area contributed by atoms with Crippen molar-refractivity contribution in [2.45, 2.75) is 50.2 Å². The molecule has 3 rings (SSSR count). The first kappa shape index (κ1) is 15.0. The number of aryl methyl sites for hydroxylation is 1. The number of benzene rings is 1. The standard InChI is InChI=1S/C15H19N5OS/c1-4-19-15(16-17-18-19)22-11(3)14(21)20-10(2)9-12-7-5-6-8-13(12)20/h5-8,10-11H,4,9H2,1-3H3. The summed E-state index contributed by atoms with van der Waals surface area (Å²) in [4.78, 5) is 14.8. The highest BCUT2D eigenvalue weighted by molar-refractivity contribution is 8.00. The van der Waals surface area contributed by atoms with Crippen molar-refractivity contribution < 1.29 is 4.79 Å². The number of aromatic nitrogens is 4. The van der Waals surface area contributed by atoms with Crippen molar-refractivity contribution in [3.63, 3.8) is 0 Å². The molecule has 6 nitrogen and oxygen atoms in total. The maximum absolute atomic E-state index is 12.9. The second-order valence-corrected chi connectivity index (χ2v) is 6.74. The van der Waals surface area contributed by atoms with Gasteiger partial charge in [-0.15, -0.1) is 5.10 Å². The maximum Gasteiger partial charge on any atom is 0.240 e. The summed E-state index contributed by atoms with van der Waals surface area (Å²) >= 11 is 1.41. The summed E-state index contributed by atoms with van der Waals surface area (Å²) in [7, 11) is 0. The van der Waals surface area contributed by atoms with Gasteiger partial charge in [-0.05, 0) is 49.2 Å². The van der Waals surface area contributed by atoms with Crippen molar-refractivity contribution >= 4 is 23.4 Å². The number of carbonyl (C=O) groups is 1. The Hall–Kier alpha value is -1.89. The van der Waals surface area contributed by atoms with E-state index in [1.807, 2.05) is 36.9 Å². The van der Waals surface area contributed by atoms with Crippen LogP contribution in [0.1, 0.15) is 26.3 Å². The van der Waals surface area contributed by atoms with Gasteiger partial charge >= 0.3 is 0 Å². The lowest BCUT2D eigenvalue weighted by molar-refractivity contribution is -0.118. The van der Waals surface area contributed by atoms with Crippen LogP contribution in [-0.4, -0.2) is 37.4 Å².